The maximum Gasteiger partial charge on any atom is 0.223 e. The highest BCUT2D eigenvalue weighted by Gasteiger charge is 2.39. The van der Waals surface area contributed by atoms with E-state index in [1.807, 2.05) is 6.07 Å². The molecule has 0 aliphatic carbocycles. The smallest absolute Gasteiger partial charge is 0.223 e. The molecule has 23 heavy (non-hydrogen) atoms. The van der Waals surface area contributed by atoms with Crippen molar-refractivity contribution in [3.8, 4) is 0 Å². The lowest BCUT2D eigenvalue weighted by molar-refractivity contribution is -0.116. The second-order valence-electron chi connectivity index (χ2n) is 6.69. The maximum absolute atomic E-state index is 13.0. The molecular weight excluding hydrogens is 293 g/mol. The Labute approximate surface area is 135 Å². The van der Waals surface area contributed by atoms with Crippen LogP contribution in [0.5, 0.6) is 0 Å². The molecule has 0 bridgehead atoms. The first-order chi connectivity index (χ1) is 10.8. The lowest BCUT2D eigenvalue weighted by atomic mass is 9.90. The molecule has 5 heteroatoms. The van der Waals surface area contributed by atoms with E-state index in [0.29, 0.717) is 18.8 Å². The molecule has 1 aromatic heterocycles. The van der Waals surface area contributed by atoms with Crippen molar-refractivity contribution in [2.45, 2.75) is 32.6 Å². The molecule has 1 aromatic carbocycles. The fourth-order valence-corrected chi connectivity index (χ4v) is 3.06. The molecule has 120 valence electrons. The minimum atomic E-state index is -0.265. The van der Waals surface area contributed by atoms with Crippen LogP contribution in [0.15, 0.2) is 30.3 Å². The van der Waals surface area contributed by atoms with E-state index in [1.54, 1.807) is 24.0 Å². The first-order valence-corrected chi connectivity index (χ1v) is 7.60. The Balaban J connectivity index is 2.02. The van der Waals surface area contributed by atoms with Crippen LogP contribution in [0.25, 0.3) is 0 Å². The van der Waals surface area contributed by atoms with Gasteiger partial charge in [-0.15, -0.1) is 0 Å². The number of nitrogen functional groups attached to an aromatic ring is 1. The van der Waals surface area contributed by atoms with E-state index in [1.165, 1.54) is 12.1 Å². The van der Waals surface area contributed by atoms with Gasteiger partial charge in [-0.2, -0.15) is 0 Å². The number of fused-ring (bicyclic) bond motifs is 1. The van der Waals surface area contributed by atoms with Crippen molar-refractivity contribution in [1.29, 1.82) is 0 Å². The van der Waals surface area contributed by atoms with Gasteiger partial charge in [-0.1, -0.05) is 26.0 Å². The molecule has 1 aliphatic heterocycles. The summed E-state index contributed by atoms with van der Waals surface area (Å²) in [6.07, 6.45) is 0.554. The summed E-state index contributed by atoms with van der Waals surface area (Å²) < 4.78 is 13.0. The molecule has 0 fully saturated rings. The lowest BCUT2D eigenvalue weighted by Gasteiger charge is -2.18. The van der Waals surface area contributed by atoms with Crippen LogP contribution in [0.3, 0.4) is 0 Å². The summed E-state index contributed by atoms with van der Waals surface area (Å²) in [6, 6.07) is 8.26. The van der Waals surface area contributed by atoms with Crippen LogP contribution in [-0.4, -0.2) is 17.4 Å². The first kappa shape index (κ1) is 15.5. The average Bonchev–Trinajstić information content (AvgIpc) is 2.74. The monoisotopic (exact) mass is 313 g/mol. The second-order valence-corrected chi connectivity index (χ2v) is 6.69. The van der Waals surface area contributed by atoms with Gasteiger partial charge in [0.05, 0.1) is 11.4 Å². The Kier molecular flexibility index (Phi) is 3.59. The standard InChI is InChI=1S/C18H20FN3O/c1-11(23)22-10-18(2,3)16-15(22)9-13(17(20)21-16)8-12-4-6-14(19)7-5-12/h4-7,9H,8,10H2,1-3H3,(H2,20,21). The predicted molar refractivity (Wildman–Crippen MR) is 88.9 cm³/mol. The van der Waals surface area contributed by atoms with Crippen molar-refractivity contribution in [2.75, 3.05) is 17.2 Å². The van der Waals surface area contributed by atoms with Crippen molar-refractivity contribution in [3.63, 3.8) is 0 Å². The molecule has 4 nitrogen and oxygen atoms in total. The Morgan fingerprint density at radius 3 is 2.61 bits per heavy atom. The van der Waals surface area contributed by atoms with Crippen LogP contribution in [0, 0.1) is 5.82 Å². The summed E-state index contributed by atoms with van der Waals surface area (Å²) >= 11 is 0. The Bertz CT molecular complexity index is 769. The SMILES string of the molecule is CC(=O)N1CC(C)(C)c2nc(N)c(Cc3ccc(F)cc3)cc21. The molecule has 2 heterocycles. The van der Waals surface area contributed by atoms with Crippen LogP contribution in [0.4, 0.5) is 15.9 Å². The second kappa shape index (κ2) is 5.33. The number of amides is 1. The zero-order valence-corrected chi connectivity index (χ0v) is 13.6. The van der Waals surface area contributed by atoms with Gasteiger partial charge in [-0.25, -0.2) is 9.37 Å². The Hall–Kier alpha value is -2.43. The quantitative estimate of drug-likeness (QED) is 0.927. The van der Waals surface area contributed by atoms with Gasteiger partial charge in [0, 0.05) is 30.9 Å². The van der Waals surface area contributed by atoms with E-state index in [9.17, 15) is 9.18 Å². The van der Waals surface area contributed by atoms with Crippen molar-refractivity contribution in [1.82, 2.24) is 4.98 Å². The molecule has 0 saturated carbocycles. The van der Waals surface area contributed by atoms with E-state index in [0.717, 1.165) is 22.5 Å². The molecule has 0 spiro atoms. The van der Waals surface area contributed by atoms with Gasteiger partial charge in [0.25, 0.3) is 0 Å². The predicted octanol–water partition coefficient (Wildman–Crippen LogP) is 3.04. The maximum atomic E-state index is 13.0. The molecule has 0 saturated heterocycles. The topological polar surface area (TPSA) is 59.2 Å². The highest BCUT2D eigenvalue weighted by atomic mass is 19.1. The van der Waals surface area contributed by atoms with E-state index in [2.05, 4.69) is 18.8 Å². The first-order valence-electron chi connectivity index (χ1n) is 7.60. The van der Waals surface area contributed by atoms with Gasteiger partial charge in [0.15, 0.2) is 0 Å². The summed E-state index contributed by atoms with van der Waals surface area (Å²) in [4.78, 5) is 18.2. The third-order valence-electron chi connectivity index (χ3n) is 4.29. The number of aromatic nitrogens is 1. The molecule has 0 atom stereocenters. The number of benzene rings is 1. The van der Waals surface area contributed by atoms with Gasteiger partial charge in [-0.3, -0.25) is 4.79 Å². The average molecular weight is 313 g/mol. The molecule has 0 unspecified atom stereocenters. The molecule has 2 aromatic rings. The number of nitrogens with zero attached hydrogens (tertiary/aromatic N) is 2. The zero-order valence-electron chi connectivity index (χ0n) is 13.6. The van der Waals surface area contributed by atoms with Gasteiger partial charge in [0.2, 0.25) is 5.91 Å². The van der Waals surface area contributed by atoms with E-state index in [4.69, 9.17) is 5.73 Å². The number of hydrogen-bond donors (Lipinski definition) is 1. The number of carbonyl (C=O) groups excluding carboxylic acids is 1. The van der Waals surface area contributed by atoms with Crippen LogP contribution < -0.4 is 10.6 Å². The minimum Gasteiger partial charge on any atom is -0.383 e. The minimum absolute atomic E-state index is 0.00358. The fourth-order valence-electron chi connectivity index (χ4n) is 3.06. The van der Waals surface area contributed by atoms with Crippen molar-refractivity contribution >= 4 is 17.4 Å². The summed E-state index contributed by atoms with van der Waals surface area (Å²) in [5, 5.41) is 0. The van der Waals surface area contributed by atoms with Gasteiger partial charge in [0.1, 0.15) is 11.6 Å². The Morgan fingerprint density at radius 1 is 1.35 bits per heavy atom. The molecular formula is C18H20FN3O. The summed E-state index contributed by atoms with van der Waals surface area (Å²) in [6.45, 7) is 6.27. The van der Waals surface area contributed by atoms with Crippen molar-refractivity contribution < 1.29 is 9.18 Å². The number of halogens is 1. The highest BCUT2D eigenvalue weighted by molar-refractivity contribution is 5.94. The number of carbonyl (C=O) groups is 1. The van der Waals surface area contributed by atoms with Crippen LogP contribution in [0.2, 0.25) is 0 Å². The van der Waals surface area contributed by atoms with E-state index in [-0.39, 0.29) is 17.1 Å². The molecule has 3 rings (SSSR count). The number of rotatable bonds is 2. The van der Waals surface area contributed by atoms with Gasteiger partial charge in [-0.05, 0) is 23.8 Å². The molecule has 1 aliphatic rings. The highest BCUT2D eigenvalue weighted by Crippen LogP contribution is 2.41. The van der Waals surface area contributed by atoms with E-state index >= 15 is 0 Å². The Morgan fingerprint density at radius 2 is 2.00 bits per heavy atom. The third kappa shape index (κ3) is 2.79. The number of anilines is 2. The fraction of sp³-hybridized carbons (Fsp3) is 0.333. The van der Waals surface area contributed by atoms with Crippen LogP contribution in [0.1, 0.15) is 37.6 Å². The lowest BCUT2D eigenvalue weighted by Crippen LogP contribution is -2.32. The zero-order chi connectivity index (χ0) is 16.8. The summed E-state index contributed by atoms with van der Waals surface area (Å²) in [7, 11) is 0. The number of pyridine rings is 1. The van der Waals surface area contributed by atoms with E-state index < -0.39 is 0 Å². The normalized spacial score (nSPS) is 15.6. The third-order valence-corrected chi connectivity index (χ3v) is 4.29. The van der Waals surface area contributed by atoms with Crippen molar-refractivity contribution in [3.05, 3.63) is 53.0 Å². The summed E-state index contributed by atoms with van der Waals surface area (Å²) in [5.41, 5.74) is 9.39. The summed E-state index contributed by atoms with van der Waals surface area (Å²) in [5.74, 6) is 0.195. The van der Waals surface area contributed by atoms with Crippen LogP contribution in [-0.2, 0) is 16.6 Å². The van der Waals surface area contributed by atoms with Gasteiger partial charge < -0.3 is 10.6 Å². The number of hydrogen-bond acceptors (Lipinski definition) is 3. The molecule has 1 amide bonds. The molecule has 2 N–H and O–H groups in total. The molecule has 0 radical (unpaired) electrons. The van der Waals surface area contributed by atoms with Gasteiger partial charge >= 0.3 is 0 Å². The van der Waals surface area contributed by atoms with Crippen LogP contribution >= 0.6 is 0 Å². The van der Waals surface area contributed by atoms with Crippen molar-refractivity contribution in [2.24, 2.45) is 0 Å². The number of nitrogens with two attached hydrogens (primary N) is 1. The largest absolute Gasteiger partial charge is 0.383 e.